The van der Waals surface area contributed by atoms with Crippen molar-refractivity contribution >= 4 is 11.8 Å². The molecule has 0 saturated carbocycles. The summed E-state index contributed by atoms with van der Waals surface area (Å²) in [5.74, 6) is -1.69. The number of aliphatic hydroxyl groups excluding tert-OH is 2. The standard InChI is InChI=1S/C14H16O6/c1-2-19-14(18)13(17)9-12(16)10-3-5-11(6-4-10)20-8-7-15/h3-6,9,15,17H,2,7-8H2,1H3/b13-9-. The van der Waals surface area contributed by atoms with E-state index in [2.05, 4.69) is 4.74 Å². The summed E-state index contributed by atoms with van der Waals surface area (Å²) < 4.78 is 9.69. The molecule has 6 heteroatoms. The SMILES string of the molecule is CCOC(=O)/C(O)=C/C(=O)c1ccc(OCCO)cc1. The van der Waals surface area contributed by atoms with Crippen LogP contribution in [0.4, 0.5) is 0 Å². The van der Waals surface area contributed by atoms with Crippen molar-refractivity contribution in [2.75, 3.05) is 19.8 Å². The first-order valence-corrected chi connectivity index (χ1v) is 6.04. The van der Waals surface area contributed by atoms with Crippen LogP contribution in [0.2, 0.25) is 0 Å². The first-order chi connectivity index (χ1) is 9.58. The fraction of sp³-hybridized carbons (Fsp3) is 0.286. The number of ether oxygens (including phenoxy) is 2. The number of ketones is 1. The van der Waals surface area contributed by atoms with E-state index in [0.717, 1.165) is 6.08 Å². The summed E-state index contributed by atoms with van der Waals surface area (Å²) in [6.45, 7) is 1.77. The van der Waals surface area contributed by atoms with Gasteiger partial charge >= 0.3 is 5.97 Å². The second-order valence-electron chi connectivity index (χ2n) is 3.71. The van der Waals surface area contributed by atoms with Gasteiger partial charge in [0.2, 0.25) is 5.76 Å². The molecule has 0 spiro atoms. The highest BCUT2D eigenvalue weighted by molar-refractivity contribution is 6.07. The average Bonchev–Trinajstić information content (AvgIpc) is 2.45. The second kappa shape index (κ2) is 7.96. The molecule has 1 aromatic carbocycles. The Balaban J connectivity index is 2.72. The molecule has 1 aromatic rings. The molecule has 0 aliphatic carbocycles. The summed E-state index contributed by atoms with van der Waals surface area (Å²) in [6, 6.07) is 6.09. The molecule has 0 aromatic heterocycles. The molecule has 1 rings (SSSR count). The van der Waals surface area contributed by atoms with Gasteiger partial charge in [-0.2, -0.15) is 0 Å². The maximum absolute atomic E-state index is 11.8. The quantitative estimate of drug-likeness (QED) is 0.338. The zero-order valence-corrected chi connectivity index (χ0v) is 11.0. The summed E-state index contributed by atoms with van der Waals surface area (Å²) in [4.78, 5) is 22.9. The lowest BCUT2D eigenvalue weighted by atomic mass is 10.1. The molecule has 108 valence electrons. The van der Waals surface area contributed by atoms with Gasteiger partial charge in [-0.15, -0.1) is 0 Å². The van der Waals surface area contributed by atoms with E-state index < -0.39 is 17.5 Å². The maximum Gasteiger partial charge on any atom is 0.373 e. The lowest BCUT2D eigenvalue weighted by molar-refractivity contribution is -0.141. The molecule has 0 aliphatic rings. The predicted molar refractivity (Wildman–Crippen MR) is 70.7 cm³/mol. The number of benzene rings is 1. The molecule has 0 bridgehead atoms. The third kappa shape index (κ3) is 4.74. The molecule has 6 nitrogen and oxygen atoms in total. The Kier molecular flexibility index (Phi) is 6.25. The lowest BCUT2D eigenvalue weighted by Gasteiger charge is -2.04. The number of carbonyl (C=O) groups excluding carboxylic acids is 2. The van der Waals surface area contributed by atoms with E-state index >= 15 is 0 Å². The fourth-order valence-electron chi connectivity index (χ4n) is 1.35. The maximum atomic E-state index is 11.8. The van der Waals surface area contributed by atoms with Crippen LogP contribution in [0.25, 0.3) is 0 Å². The molecular weight excluding hydrogens is 264 g/mol. The van der Waals surface area contributed by atoms with Crippen LogP contribution in [0.15, 0.2) is 36.1 Å². The van der Waals surface area contributed by atoms with E-state index in [1.165, 1.54) is 12.1 Å². The Bertz CT molecular complexity index is 489. The second-order valence-corrected chi connectivity index (χ2v) is 3.71. The molecule has 20 heavy (non-hydrogen) atoms. The van der Waals surface area contributed by atoms with Gasteiger partial charge in [0, 0.05) is 11.6 Å². The molecule has 0 atom stereocenters. The number of hydrogen-bond acceptors (Lipinski definition) is 6. The van der Waals surface area contributed by atoms with E-state index in [1.807, 2.05) is 0 Å². The smallest absolute Gasteiger partial charge is 0.373 e. The highest BCUT2D eigenvalue weighted by atomic mass is 16.5. The van der Waals surface area contributed by atoms with E-state index in [0.29, 0.717) is 5.75 Å². The lowest BCUT2D eigenvalue weighted by Crippen LogP contribution is -2.09. The topological polar surface area (TPSA) is 93.1 Å². The van der Waals surface area contributed by atoms with E-state index in [1.54, 1.807) is 19.1 Å². The number of carbonyl (C=O) groups is 2. The van der Waals surface area contributed by atoms with Gasteiger partial charge in [-0.3, -0.25) is 4.79 Å². The van der Waals surface area contributed by atoms with E-state index in [9.17, 15) is 14.7 Å². The zero-order valence-electron chi connectivity index (χ0n) is 11.0. The van der Waals surface area contributed by atoms with Gasteiger partial charge < -0.3 is 19.7 Å². The van der Waals surface area contributed by atoms with Crippen molar-refractivity contribution < 1.29 is 29.3 Å². The monoisotopic (exact) mass is 280 g/mol. The van der Waals surface area contributed by atoms with Crippen LogP contribution in [0.5, 0.6) is 5.75 Å². The molecule has 0 amide bonds. The van der Waals surface area contributed by atoms with E-state index in [-0.39, 0.29) is 25.4 Å². The van der Waals surface area contributed by atoms with Crippen LogP contribution >= 0.6 is 0 Å². The molecule has 0 unspecified atom stereocenters. The van der Waals surface area contributed by atoms with E-state index in [4.69, 9.17) is 9.84 Å². The molecule has 0 saturated heterocycles. The van der Waals surface area contributed by atoms with Gasteiger partial charge in [-0.25, -0.2) is 4.79 Å². The summed E-state index contributed by atoms with van der Waals surface area (Å²) in [5, 5.41) is 18.0. The molecule has 2 N–H and O–H groups in total. The Labute approximate surface area is 116 Å². The molecule has 0 fully saturated rings. The molecule has 0 radical (unpaired) electrons. The Hall–Kier alpha value is -2.34. The Morgan fingerprint density at radius 2 is 1.90 bits per heavy atom. The first-order valence-electron chi connectivity index (χ1n) is 6.04. The van der Waals surface area contributed by atoms with Gasteiger partial charge in [0.15, 0.2) is 5.78 Å². The van der Waals surface area contributed by atoms with Gasteiger partial charge in [-0.05, 0) is 31.2 Å². The van der Waals surface area contributed by atoms with Gasteiger partial charge in [0.25, 0.3) is 0 Å². The van der Waals surface area contributed by atoms with Crippen molar-refractivity contribution in [3.63, 3.8) is 0 Å². The van der Waals surface area contributed by atoms with Crippen LogP contribution in [0.1, 0.15) is 17.3 Å². The number of esters is 1. The minimum atomic E-state index is -0.941. The highest BCUT2D eigenvalue weighted by Gasteiger charge is 2.12. The van der Waals surface area contributed by atoms with Gasteiger partial charge in [-0.1, -0.05) is 0 Å². The minimum absolute atomic E-state index is 0.100. The zero-order chi connectivity index (χ0) is 15.0. The summed E-state index contributed by atoms with van der Waals surface area (Å²) in [7, 11) is 0. The molecule has 0 heterocycles. The Morgan fingerprint density at radius 1 is 1.25 bits per heavy atom. The normalized spacial score (nSPS) is 11.0. The molecule has 0 aliphatic heterocycles. The number of allylic oxidation sites excluding steroid dienone is 1. The van der Waals surface area contributed by atoms with Crippen LogP contribution in [0, 0.1) is 0 Å². The number of aliphatic hydroxyl groups is 2. The Morgan fingerprint density at radius 3 is 2.45 bits per heavy atom. The largest absolute Gasteiger partial charge is 0.502 e. The van der Waals surface area contributed by atoms with Crippen molar-refractivity contribution in [2.45, 2.75) is 6.92 Å². The fourth-order valence-corrected chi connectivity index (χ4v) is 1.35. The third-order valence-corrected chi connectivity index (χ3v) is 2.25. The highest BCUT2D eigenvalue weighted by Crippen LogP contribution is 2.13. The van der Waals surface area contributed by atoms with Crippen molar-refractivity contribution in [3.05, 3.63) is 41.7 Å². The molecular formula is C14H16O6. The minimum Gasteiger partial charge on any atom is -0.502 e. The van der Waals surface area contributed by atoms with Crippen molar-refractivity contribution in [3.8, 4) is 5.75 Å². The third-order valence-electron chi connectivity index (χ3n) is 2.25. The van der Waals surface area contributed by atoms with Crippen molar-refractivity contribution in [2.24, 2.45) is 0 Å². The van der Waals surface area contributed by atoms with Gasteiger partial charge in [0.1, 0.15) is 12.4 Å². The summed E-state index contributed by atoms with van der Waals surface area (Å²) in [6.07, 6.45) is 0.807. The average molecular weight is 280 g/mol. The first kappa shape index (κ1) is 15.7. The summed E-state index contributed by atoms with van der Waals surface area (Å²) in [5.41, 5.74) is 0.289. The van der Waals surface area contributed by atoms with Crippen LogP contribution in [-0.4, -0.2) is 41.8 Å². The predicted octanol–water partition coefficient (Wildman–Crippen LogP) is 1.25. The number of hydrogen-bond donors (Lipinski definition) is 2. The van der Waals surface area contributed by atoms with Crippen LogP contribution < -0.4 is 4.74 Å². The summed E-state index contributed by atoms with van der Waals surface area (Å²) >= 11 is 0. The van der Waals surface area contributed by atoms with Crippen molar-refractivity contribution in [1.82, 2.24) is 0 Å². The van der Waals surface area contributed by atoms with Gasteiger partial charge in [0.05, 0.1) is 13.2 Å². The van der Waals surface area contributed by atoms with Crippen LogP contribution in [-0.2, 0) is 9.53 Å². The van der Waals surface area contributed by atoms with Crippen LogP contribution in [0.3, 0.4) is 0 Å². The van der Waals surface area contributed by atoms with Crippen molar-refractivity contribution in [1.29, 1.82) is 0 Å². The number of rotatable bonds is 7.